The number of methoxy groups -OCH3 is 1. The van der Waals surface area contributed by atoms with E-state index >= 15 is 0 Å². The van der Waals surface area contributed by atoms with Crippen molar-refractivity contribution in [1.82, 2.24) is 5.32 Å². The molecule has 1 saturated heterocycles. The van der Waals surface area contributed by atoms with Gasteiger partial charge in [-0.05, 0) is 38.1 Å². The Morgan fingerprint density at radius 2 is 2.17 bits per heavy atom. The van der Waals surface area contributed by atoms with Crippen molar-refractivity contribution >= 4 is 0 Å². The van der Waals surface area contributed by atoms with Gasteiger partial charge in [-0.15, -0.1) is 0 Å². The van der Waals surface area contributed by atoms with E-state index in [1.165, 1.54) is 0 Å². The molecule has 18 heavy (non-hydrogen) atoms. The lowest BCUT2D eigenvalue weighted by molar-refractivity contribution is -0.0338. The largest absolute Gasteiger partial charge is 0.497 e. The molecule has 2 aliphatic heterocycles. The van der Waals surface area contributed by atoms with Crippen LogP contribution >= 0.6 is 0 Å². The molecule has 2 aliphatic rings. The molecule has 0 bridgehead atoms. The summed E-state index contributed by atoms with van der Waals surface area (Å²) in [6.45, 7) is 1.90. The zero-order valence-electron chi connectivity index (χ0n) is 10.6. The molecular formula is C14H19NO3. The third-order valence-corrected chi connectivity index (χ3v) is 3.99. The van der Waals surface area contributed by atoms with Crippen molar-refractivity contribution in [3.63, 3.8) is 0 Å². The summed E-state index contributed by atoms with van der Waals surface area (Å²) in [6, 6.07) is 5.64. The minimum Gasteiger partial charge on any atom is -0.497 e. The molecule has 3 rings (SSSR count). The summed E-state index contributed by atoms with van der Waals surface area (Å²) in [5, 5.41) is 13.6. The quantitative estimate of drug-likeness (QED) is 0.794. The van der Waals surface area contributed by atoms with Crippen LogP contribution in [0.4, 0.5) is 0 Å². The number of aliphatic hydroxyl groups is 1. The van der Waals surface area contributed by atoms with Gasteiger partial charge in [0.1, 0.15) is 17.1 Å². The Labute approximate surface area is 107 Å². The maximum Gasteiger partial charge on any atom is 0.129 e. The number of hydrogen-bond acceptors (Lipinski definition) is 4. The number of piperidine rings is 1. The molecule has 98 valence electrons. The fourth-order valence-corrected chi connectivity index (χ4v) is 2.93. The molecule has 0 saturated carbocycles. The summed E-state index contributed by atoms with van der Waals surface area (Å²) in [6.07, 6.45) is 2.15. The number of ether oxygens (including phenoxy) is 2. The first kappa shape index (κ1) is 11.8. The molecule has 0 radical (unpaired) electrons. The van der Waals surface area contributed by atoms with E-state index in [1.807, 2.05) is 18.2 Å². The van der Waals surface area contributed by atoms with Crippen LogP contribution in [0.25, 0.3) is 0 Å². The lowest BCUT2D eigenvalue weighted by Crippen LogP contribution is -2.49. The molecule has 2 heterocycles. The van der Waals surface area contributed by atoms with Crippen molar-refractivity contribution in [3.8, 4) is 11.5 Å². The molecule has 4 nitrogen and oxygen atoms in total. The molecule has 0 aromatic heterocycles. The van der Waals surface area contributed by atoms with E-state index in [4.69, 9.17) is 9.47 Å². The zero-order chi connectivity index (χ0) is 12.6. The Morgan fingerprint density at radius 3 is 2.89 bits per heavy atom. The van der Waals surface area contributed by atoms with E-state index < -0.39 is 6.10 Å². The van der Waals surface area contributed by atoms with Crippen molar-refractivity contribution in [2.24, 2.45) is 0 Å². The zero-order valence-corrected chi connectivity index (χ0v) is 10.6. The van der Waals surface area contributed by atoms with Crippen molar-refractivity contribution in [1.29, 1.82) is 0 Å². The maximum atomic E-state index is 10.3. The molecular weight excluding hydrogens is 230 g/mol. The number of aliphatic hydroxyl groups excluding tert-OH is 1. The van der Waals surface area contributed by atoms with E-state index in [-0.39, 0.29) is 5.60 Å². The van der Waals surface area contributed by atoms with E-state index in [9.17, 15) is 5.11 Å². The molecule has 1 aromatic carbocycles. The monoisotopic (exact) mass is 249 g/mol. The van der Waals surface area contributed by atoms with Gasteiger partial charge in [0.05, 0.1) is 13.2 Å². The van der Waals surface area contributed by atoms with Crippen LogP contribution < -0.4 is 14.8 Å². The minimum absolute atomic E-state index is 0.204. The molecule has 0 amide bonds. The van der Waals surface area contributed by atoms with E-state index in [1.54, 1.807) is 7.11 Å². The fraction of sp³-hybridized carbons (Fsp3) is 0.571. The average molecular weight is 249 g/mol. The second-order valence-electron chi connectivity index (χ2n) is 5.16. The number of rotatable bonds is 1. The highest BCUT2D eigenvalue weighted by molar-refractivity contribution is 5.44. The van der Waals surface area contributed by atoms with Gasteiger partial charge in [0, 0.05) is 18.1 Å². The van der Waals surface area contributed by atoms with Crippen molar-refractivity contribution < 1.29 is 14.6 Å². The highest BCUT2D eigenvalue weighted by atomic mass is 16.5. The summed E-state index contributed by atoms with van der Waals surface area (Å²) in [5.41, 5.74) is 0.671. The average Bonchev–Trinajstić information content (AvgIpc) is 2.38. The molecule has 0 aliphatic carbocycles. The standard InChI is InChI=1S/C14H19NO3/c1-17-10-2-3-11-12(16)9-14(18-13(11)8-10)4-6-15-7-5-14/h2-3,8,12,15-16H,4-7,9H2,1H3. The van der Waals surface area contributed by atoms with Crippen LogP contribution in [0.2, 0.25) is 0 Å². The summed E-state index contributed by atoms with van der Waals surface area (Å²) in [5.74, 6) is 1.54. The Morgan fingerprint density at radius 1 is 1.39 bits per heavy atom. The summed E-state index contributed by atoms with van der Waals surface area (Å²) in [7, 11) is 1.64. The van der Waals surface area contributed by atoms with Crippen LogP contribution in [0.5, 0.6) is 11.5 Å². The van der Waals surface area contributed by atoms with E-state index in [0.29, 0.717) is 6.42 Å². The third-order valence-electron chi connectivity index (χ3n) is 3.99. The highest BCUT2D eigenvalue weighted by Crippen LogP contribution is 2.44. The Balaban J connectivity index is 1.94. The Bertz CT molecular complexity index is 441. The van der Waals surface area contributed by atoms with Gasteiger partial charge in [-0.2, -0.15) is 0 Å². The molecule has 2 N–H and O–H groups in total. The first-order chi connectivity index (χ1) is 8.72. The number of benzene rings is 1. The van der Waals surface area contributed by atoms with Crippen LogP contribution in [0.15, 0.2) is 18.2 Å². The van der Waals surface area contributed by atoms with Crippen LogP contribution in [-0.2, 0) is 0 Å². The van der Waals surface area contributed by atoms with Gasteiger partial charge in [-0.3, -0.25) is 0 Å². The van der Waals surface area contributed by atoms with Crippen molar-refractivity contribution in [2.75, 3.05) is 20.2 Å². The topological polar surface area (TPSA) is 50.7 Å². The second kappa shape index (κ2) is 4.44. The molecule has 1 spiro atoms. The highest BCUT2D eigenvalue weighted by Gasteiger charge is 2.41. The minimum atomic E-state index is -0.433. The normalized spacial score (nSPS) is 25.3. The van der Waals surface area contributed by atoms with Gasteiger partial charge in [-0.1, -0.05) is 0 Å². The van der Waals surface area contributed by atoms with Gasteiger partial charge >= 0.3 is 0 Å². The van der Waals surface area contributed by atoms with Gasteiger partial charge in [-0.25, -0.2) is 0 Å². The van der Waals surface area contributed by atoms with Crippen LogP contribution in [0.3, 0.4) is 0 Å². The van der Waals surface area contributed by atoms with Crippen molar-refractivity contribution in [3.05, 3.63) is 23.8 Å². The fourth-order valence-electron chi connectivity index (χ4n) is 2.93. The number of fused-ring (bicyclic) bond motifs is 1. The van der Waals surface area contributed by atoms with Gasteiger partial charge in [0.25, 0.3) is 0 Å². The van der Waals surface area contributed by atoms with Crippen LogP contribution in [-0.4, -0.2) is 30.9 Å². The molecule has 1 aromatic rings. The summed E-state index contributed by atoms with van der Waals surface area (Å²) in [4.78, 5) is 0. The Kier molecular flexibility index (Phi) is 2.92. The first-order valence-corrected chi connectivity index (χ1v) is 6.48. The molecule has 1 unspecified atom stereocenters. The van der Waals surface area contributed by atoms with Crippen LogP contribution in [0.1, 0.15) is 30.9 Å². The van der Waals surface area contributed by atoms with Gasteiger partial charge in [0.2, 0.25) is 0 Å². The van der Waals surface area contributed by atoms with E-state index in [0.717, 1.165) is 43.0 Å². The third kappa shape index (κ3) is 1.95. The number of nitrogens with one attached hydrogen (secondary N) is 1. The van der Waals surface area contributed by atoms with E-state index in [2.05, 4.69) is 5.32 Å². The van der Waals surface area contributed by atoms with Crippen LogP contribution in [0, 0.1) is 0 Å². The first-order valence-electron chi connectivity index (χ1n) is 6.48. The Hall–Kier alpha value is -1.26. The smallest absolute Gasteiger partial charge is 0.129 e. The van der Waals surface area contributed by atoms with Gasteiger partial charge in [0.15, 0.2) is 0 Å². The summed E-state index contributed by atoms with van der Waals surface area (Å²) < 4.78 is 11.4. The SMILES string of the molecule is COc1ccc2c(c1)OC1(CCNCC1)CC2O. The lowest BCUT2D eigenvalue weighted by Gasteiger charge is -2.43. The maximum absolute atomic E-state index is 10.3. The van der Waals surface area contributed by atoms with Crippen molar-refractivity contribution in [2.45, 2.75) is 31.0 Å². The predicted octanol–water partition coefficient (Wildman–Crippen LogP) is 1.63. The molecule has 1 fully saturated rings. The molecule has 4 heteroatoms. The lowest BCUT2D eigenvalue weighted by atomic mass is 9.82. The van der Waals surface area contributed by atoms with Gasteiger partial charge < -0.3 is 19.9 Å². The second-order valence-corrected chi connectivity index (χ2v) is 5.16. The molecule has 1 atom stereocenters. The predicted molar refractivity (Wildman–Crippen MR) is 68.0 cm³/mol. The summed E-state index contributed by atoms with van der Waals surface area (Å²) >= 11 is 0. The number of hydrogen-bond donors (Lipinski definition) is 2.